The molecule has 0 aliphatic rings. The Morgan fingerprint density at radius 3 is 1.42 bits per heavy atom. The maximum Gasteiger partial charge on any atom is 0.256 e. The van der Waals surface area contributed by atoms with E-state index < -0.39 is 0 Å². The number of aromatic nitrogens is 2. The summed E-state index contributed by atoms with van der Waals surface area (Å²) in [5, 5.41) is 2.72. The van der Waals surface area contributed by atoms with Crippen LogP contribution in [0.25, 0.3) is 32.6 Å². The highest BCUT2D eigenvalue weighted by Gasteiger charge is 2.08. The Morgan fingerprint density at radius 1 is 0.577 bits per heavy atom. The Bertz CT molecular complexity index is 1240. The fraction of sp³-hybridized carbons (Fsp3) is 0.0909. The SMILES string of the molecule is Cc1cccc2c(=O)[nH]c3ccccc3[nH]c(=O)c3cccc(C)c3c12. The maximum atomic E-state index is 13.0. The van der Waals surface area contributed by atoms with E-state index >= 15 is 0 Å². The molecule has 0 fully saturated rings. The number of nitrogens with one attached hydrogen (secondary N) is 2. The molecule has 2 N–H and O–H groups in total. The van der Waals surface area contributed by atoms with E-state index in [1.165, 1.54) is 0 Å². The third kappa shape index (κ3) is 2.56. The highest BCUT2D eigenvalue weighted by Crippen LogP contribution is 2.25. The summed E-state index contributed by atoms with van der Waals surface area (Å²) < 4.78 is 0. The molecular formula is C22H18N2O2. The van der Waals surface area contributed by atoms with Crippen LogP contribution >= 0.6 is 0 Å². The second-order valence-electron chi connectivity index (χ2n) is 6.45. The third-order valence-electron chi connectivity index (χ3n) is 4.71. The van der Waals surface area contributed by atoms with Crippen molar-refractivity contribution in [2.24, 2.45) is 0 Å². The molecule has 0 spiro atoms. The summed E-state index contributed by atoms with van der Waals surface area (Å²) >= 11 is 0. The summed E-state index contributed by atoms with van der Waals surface area (Å²) in [4.78, 5) is 31.9. The zero-order valence-electron chi connectivity index (χ0n) is 14.6. The fourth-order valence-corrected chi connectivity index (χ4v) is 3.46. The van der Waals surface area contributed by atoms with Crippen LogP contribution in [0.4, 0.5) is 0 Å². The first kappa shape index (κ1) is 16.1. The van der Waals surface area contributed by atoms with Crippen LogP contribution in [0.2, 0.25) is 0 Å². The van der Waals surface area contributed by atoms with Gasteiger partial charge in [-0.05, 0) is 60.0 Å². The Kier molecular flexibility index (Phi) is 3.81. The largest absolute Gasteiger partial charge is 0.320 e. The van der Waals surface area contributed by atoms with Crippen LogP contribution in [0.15, 0.2) is 70.3 Å². The molecule has 0 radical (unpaired) electrons. The lowest BCUT2D eigenvalue weighted by Gasteiger charge is -2.06. The highest BCUT2D eigenvalue weighted by atomic mass is 16.1. The lowest BCUT2D eigenvalue weighted by molar-refractivity contribution is 1.30. The lowest BCUT2D eigenvalue weighted by Crippen LogP contribution is -2.08. The van der Waals surface area contributed by atoms with Crippen LogP contribution in [0.3, 0.4) is 0 Å². The molecule has 0 saturated heterocycles. The standard InChI is InChI=1S/C22H18N2O2/c1-13-7-5-9-15-19(13)20-14(2)8-6-10-16(20)22(26)24-18-12-4-3-11-17(18)23-21(15)25/h3-12H,1-2H3,(H,23,25)(H,24,26). The minimum Gasteiger partial charge on any atom is -0.320 e. The van der Waals surface area contributed by atoms with Gasteiger partial charge in [0.05, 0.1) is 11.0 Å². The van der Waals surface area contributed by atoms with Gasteiger partial charge in [0.25, 0.3) is 11.1 Å². The van der Waals surface area contributed by atoms with E-state index in [0.29, 0.717) is 21.8 Å². The second-order valence-corrected chi connectivity index (χ2v) is 6.45. The van der Waals surface area contributed by atoms with E-state index in [0.717, 1.165) is 21.9 Å². The average molecular weight is 342 g/mol. The summed E-state index contributed by atoms with van der Waals surface area (Å²) in [6.45, 7) is 3.92. The fourth-order valence-electron chi connectivity index (χ4n) is 3.46. The smallest absolute Gasteiger partial charge is 0.256 e. The normalized spacial score (nSPS) is 11.0. The Morgan fingerprint density at radius 2 is 1.00 bits per heavy atom. The van der Waals surface area contributed by atoms with Gasteiger partial charge in [0.1, 0.15) is 0 Å². The van der Waals surface area contributed by atoms with Crippen LogP contribution in [-0.2, 0) is 0 Å². The number of hydrogen-bond donors (Lipinski definition) is 2. The van der Waals surface area contributed by atoms with Crippen molar-refractivity contribution in [3.63, 3.8) is 0 Å². The summed E-state index contributed by atoms with van der Waals surface area (Å²) in [6, 6.07) is 18.5. The number of para-hydroxylation sites is 2. The molecule has 0 bridgehead atoms. The van der Waals surface area contributed by atoms with Crippen molar-refractivity contribution in [3.8, 4) is 0 Å². The molecule has 4 heteroatoms. The first-order chi connectivity index (χ1) is 12.6. The predicted octanol–water partition coefficient (Wildman–Crippen LogP) is 4.26. The van der Waals surface area contributed by atoms with E-state index in [9.17, 15) is 9.59 Å². The Balaban J connectivity index is 2.51. The second kappa shape index (κ2) is 6.15. The van der Waals surface area contributed by atoms with Crippen LogP contribution in [0.1, 0.15) is 11.1 Å². The maximum absolute atomic E-state index is 13.0. The molecule has 0 saturated carbocycles. The number of fused-ring (bicyclic) bond motifs is 4. The summed E-state index contributed by atoms with van der Waals surface area (Å²) in [5.74, 6) is 0. The number of rotatable bonds is 0. The number of benzene rings is 3. The van der Waals surface area contributed by atoms with Crippen LogP contribution < -0.4 is 11.1 Å². The minimum atomic E-state index is -0.193. The van der Waals surface area contributed by atoms with Gasteiger partial charge in [-0.2, -0.15) is 0 Å². The van der Waals surface area contributed by atoms with E-state index in [2.05, 4.69) is 9.97 Å². The van der Waals surface area contributed by atoms with Crippen molar-refractivity contribution in [1.82, 2.24) is 9.97 Å². The van der Waals surface area contributed by atoms with Crippen molar-refractivity contribution < 1.29 is 0 Å². The molecule has 0 unspecified atom stereocenters. The molecule has 26 heavy (non-hydrogen) atoms. The monoisotopic (exact) mass is 342 g/mol. The van der Waals surface area contributed by atoms with Crippen LogP contribution in [0.5, 0.6) is 0 Å². The molecule has 0 amide bonds. The van der Waals surface area contributed by atoms with E-state index in [1.54, 1.807) is 24.3 Å². The molecule has 0 aliphatic heterocycles. The van der Waals surface area contributed by atoms with Crippen LogP contribution in [0, 0.1) is 13.8 Å². The molecule has 4 rings (SSSR count). The van der Waals surface area contributed by atoms with Crippen molar-refractivity contribution in [2.45, 2.75) is 13.8 Å². The van der Waals surface area contributed by atoms with Gasteiger partial charge in [0.15, 0.2) is 0 Å². The number of H-pyrrole nitrogens is 2. The summed E-state index contributed by atoms with van der Waals surface area (Å²) in [5.41, 5.74) is 2.68. The van der Waals surface area contributed by atoms with Gasteiger partial charge in [0.2, 0.25) is 0 Å². The first-order valence-corrected chi connectivity index (χ1v) is 8.47. The minimum absolute atomic E-state index is 0.193. The highest BCUT2D eigenvalue weighted by molar-refractivity contribution is 6.08. The zero-order valence-corrected chi connectivity index (χ0v) is 14.6. The van der Waals surface area contributed by atoms with E-state index in [1.807, 2.05) is 50.2 Å². The molecule has 1 aromatic heterocycles. The molecule has 128 valence electrons. The van der Waals surface area contributed by atoms with Gasteiger partial charge in [-0.25, -0.2) is 0 Å². The van der Waals surface area contributed by atoms with E-state index in [-0.39, 0.29) is 11.1 Å². The van der Waals surface area contributed by atoms with Crippen molar-refractivity contribution in [1.29, 1.82) is 0 Å². The predicted molar refractivity (Wildman–Crippen MR) is 107 cm³/mol. The molecule has 0 atom stereocenters. The van der Waals surface area contributed by atoms with Crippen molar-refractivity contribution in [2.75, 3.05) is 0 Å². The topological polar surface area (TPSA) is 65.7 Å². The molecule has 0 aliphatic carbocycles. The van der Waals surface area contributed by atoms with Crippen molar-refractivity contribution in [3.05, 3.63) is 92.5 Å². The van der Waals surface area contributed by atoms with Crippen molar-refractivity contribution >= 4 is 32.6 Å². The van der Waals surface area contributed by atoms with Crippen LogP contribution in [-0.4, -0.2) is 9.97 Å². The molecule has 1 heterocycles. The summed E-state index contributed by atoms with van der Waals surface area (Å²) in [7, 11) is 0. The summed E-state index contributed by atoms with van der Waals surface area (Å²) in [6.07, 6.45) is 0. The lowest BCUT2D eigenvalue weighted by atomic mass is 9.98. The Labute approximate surface area is 149 Å². The molecule has 4 nitrogen and oxygen atoms in total. The number of aryl methyl sites for hydroxylation is 2. The zero-order chi connectivity index (χ0) is 18.3. The van der Waals surface area contributed by atoms with Gasteiger partial charge in [-0.15, -0.1) is 0 Å². The van der Waals surface area contributed by atoms with Gasteiger partial charge in [-0.3, -0.25) is 9.59 Å². The third-order valence-corrected chi connectivity index (χ3v) is 4.71. The van der Waals surface area contributed by atoms with E-state index in [4.69, 9.17) is 0 Å². The number of aromatic amines is 2. The first-order valence-electron chi connectivity index (χ1n) is 8.47. The number of hydrogen-bond acceptors (Lipinski definition) is 2. The Hall–Kier alpha value is -3.40. The van der Waals surface area contributed by atoms with Gasteiger partial charge >= 0.3 is 0 Å². The molecule has 3 aromatic carbocycles. The molecular weight excluding hydrogens is 324 g/mol. The quantitative estimate of drug-likeness (QED) is 0.501. The average Bonchev–Trinajstić information content (AvgIpc) is 2.63. The molecule has 4 aromatic rings. The van der Waals surface area contributed by atoms with Gasteiger partial charge in [0, 0.05) is 10.8 Å². The van der Waals surface area contributed by atoms with Gasteiger partial charge < -0.3 is 9.97 Å². The van der Waals surface area contributed by atoms with Gasteiger partial charge in [-0.1, -0.05) is 36.4 Å².